The predicted octanol–water partition coefficient (Wildman–Crippen LogP) is 2.82. The lowest BCUT2D eigenvalue weighted by Gasteiger charge is -2.04. The van der Waals surface area contributed by atoms with Crippen molar-refractivity contribution in [1.29, 1.82) is 0 Å². The molecule has 2 rings (SSSR count). The van der Waals surface area contributed by atoms with Crippen LogP contribution in [0, 0.1) is 0 Å². The lowest BCUT2D eigenvalue weighted by molar-refractivity contribution is 0.279. The van der Waals surface area contributed by atoms with E-state index in [-0.39, 0.29) is 6.61 Å². The molecular formula is C10H10O2S2. The molecule has 1 heterocycles. The summed E-state index contributed by atoms with van der Waals surface area (Å²) in [4.78, 5) is 1.02. The van der Waals surface area contributed by atoms with Crippen LogP contribution in [-0.2, 0) is 6.61 Å². The Morgan fingerprint density at radius 2 is 2.21 bits per heavy atom. The number of aliphatic hydroxyl groups is 1. The summed E-state index contributed by atoms with van der Waals surface area (Å²) in [6, 6.07) is 3.86. The Kier molecular flexibility index (Phi) is 2.67. The number of aliphatic hydroxyl groups excluding tert-OH is 1. The smallest absolute Gasteiger partial charge is 0.134 e. The zero-order valence-corrected chi connectivity index (χ0v) is 9.28. The SMILES string of the molecule is CSc1cc2c(O)csc2cc1CO. The Morgan fingerprint density at radius 3 is 2.86 bits per heavy atom. The summed E-state index contributed by atoms with van der Waals surface area (Å²) < 4.78 is 1.02. The van der Waals surface area contributed by atoms with Crippen molar-refractivity contribution >= 4 is 33.2 Å². The monoisotopic (exact) mass is 226 g/mol. The average Bonchev–Trinajstić information content (AvgIpc) is 2.58. The van der Waals surface area contributed by atoms with Gasteiger partial charge in [-0.1, -0.05) is 0 Å². The third-order valence-corrected chi connectivity index (χ3v) is 3.88. The van der Waals surface area contributed by atoms with E-state index in [2.05, 4.69) is 0 Å². The summed E-state index contributed by atoms with van der Waals surface area (Å²) in [5.74, 6) is 0.324. The van der Waals surface area contributed by atoms with Crippen LogP contribution < -0.4 is 0 Å². The van der Waals surface area contributed by atoms with Gasteiger partial charge in [0.2, 0.25) is 0 Å². The van der Waals surface area contributed by atoms with Crippen LogP contribution in [0.1, 0.15) is 5.56 Å². The van der Waals surface area contributed by atoms with Crippen molar-refractivity contribution in [3.63, 3.8) is 0 Å². The van der Waals surface area contributed by atoms with E-state index in [1.165, 1.54) is 11.3 Å². The van der Waals surface area contributed by atoms with Gasteiger partial charge >= 0.3 is 0 Å². The molecule has 4 heteroatoms. The summed E-state index contributed by atoms with van der Waals surface area (Å²) in [5, 5.41) is 21.3. The molecular weight excluding hydrogens is 216 g/mol. The molecule has 14 heavy (non-hydrogen) atoms. The highest BCUT2D eigenvalue weighted by Gasteiger charge is 2.07. The Balaban J connectivity index is 2.71. The zero-order valence-electron chi connectivity index (χ0n) is 7.65. The standard InChI is InChI=1S/C10H10O2S2/c1-13-9-3-7-8(12)5-14-10(7)2-6(9)4-11/h2-3,5,11-12H,4H2,1H3. The number of hydrogen-bond donors (Lipinski definition) is 2. The fraction of sp³-hybridized carbons (Fsp3) is 0.200. The maximum absolute atomic E-state index is 9.53. The van der Waals surface area contributed by atoms with Crippen LogP contribution in [0.5, 0.6) is 5.75 Å². The topological polar surface area (TPSA) is 40.5 Å². The summed E-state index contributed by atoms with van der Waals surface area (Å²) in [6.45, 7) is 0.0464. The van der Waals surface area contributed by atoms with E-state index in [0.717, 1.165) is 20.5 Å². The van der Waals surface area contributed by atoms with E-state index < -0.39 is 0 Å². The molecule has 0 bridgehead atoms. The quantitative estimate of drug-likeness (QED) is 0.774. The first-order chi connectivity index (χ1) is 6.76. The van der Waals surface area contributed by atoms with Gasteiger partial charge < -0.3 is 10.2 Å². The van der Waals surface area contributed by atoms with Crippen molar-refractivity contribution in [2.24, 2.45) is 0 Å². The molecule has 0 aliphatic carbocycles. The summed E-state index contributed by atoms with van der Waals surface area (Å²) in [5.41, 5.74) is 0.923. The first-order valence-electron chi connectivity index (χ1n) is 4.14. The number of thioether (sulfide) groups is 1. The summed E-state index contributed by atoms with van der Waals surface area (Å²) >= 11 is 3.07. The fourth-order valence-corrected chi connectivity index (χ4v) is 2.88. The summed E-state index contributed by atoms with van der Waals surface area (Å²) in [6.07, 6.45) is 1.96. The van der Waals surface area contributed by atoms with E-state index in [1.807, 2.05) is 18.4 Å². The minimum atomic E-state index is 0.0464. The Morgan fingerprint density at radius 1 is 1.43 bits per heavy atom. The first kappa shape index (κ1) is 9.83. The average molecular weight is 226 g/mol. The Labute approximate surface area is 90.2 Å². The van der Waals surface area contributed by atoms with Crippen LogP contribution >= 0.6 is 23.1 Å². The van der Waals surface area contributed by atoms with Crippen LogP contribution in [0.3, 0.4) is 0 Å². The molecule has 0 unspecified atom stereocenters. The van der Waals surface area contributed by atoms with Crippen molar-refractivity contribution in [3.05, 3.63) is 23.1 Å². The van der Waals surface area contributed by atoms with Gasteiger partial charge in [0.05, 0.1) is 6.61 Å². The highest BCUT2D eigenvalue weighted by molar-refractivity contribution is 7.98. The normalized spacial score (nSPS) is 11.0. The van der Waals surface area contributed by atoms with Crippen LogP contribution in [0.15, 0.2) is 22.4 Å². The molecule has 0 atom stereocenters. The van der Waals surface area contributed by atoms with Crippen molar-refractivity contribution in [1.82, 2.24) is 0 Å². The zero-order chi connectivity index (χ0) is 10.1. The van der Waals surface area contributed by atoms with E-state index in [0.29, 0.717) is 5.75 Å². The van der Waals surface area contributed by atoms with Gasteiger partial charge in [-0.3, -0.25) is 0 Å². The number of aromatic hydroxyl groups is 1. The fourth-order valence-electron chi connectivity index (χ4n) is 1.40. The maximum Gasteiger partial charge on any atom is 0.134 e. The van der Waals surface area contributed by atoms with E-state index >= 15 is 0 Å². The molecule has 0 spiro atoms. The minimum Gasteiger partial charge on any atom is -0.506 e. The third kappa shape index (κ3) is 1.49. The lowest BCUT2D eigenvalue weighted by atomic mass is 10.2. The van der Waals surface area contributed by atoms with E-state index in [9.17, 15) is 5.11 Å². The second kappa shape index (κ2) is 3.81. The molecule has 0 amide bonds. The van der Waals surface area contributed by atoms with E-state index in [4.69, 9.17) is 5.11 Å². The van der Waals surface area contributed by atoms with Crippen molar-refractivity contribution < 1.29 is 10.2 Å². The predicted molar refractivity (Wildman–Crippen MR) is 61.2 cm³/mol. The molecule has 0 fully saturated rings. The maximum atomic E-state index is 9.53. The molecule has 0 saturated carbocycles. The van der Waals surface area contributed by atoms with E-state index in [1.54, 1.807) is 17.1 Å². The van der Waals surface area contributed by atoms with Crippen LogP contribution in [0.2, 0.25) is 0 Å². The summed E-state index contributed by atoms with van der Waals surface area (Å²) in [7, 11) is 0. The molecule has 1 aromatic carbocycles. The van der Waals surface area contributed by atoms with Gasteiger partial charge in [-0.05, 0) is 24.0 Å². The Hall–Kier alpha value is -0.710. The van der Waals surface area contributed by atoms with Crippen molar-refractivity contribution in [3.8, 4) is 5.75 Å². The Bertz CT molecular complexity index is 462. The minimum absolute atomic E-state index is 0.0464. The third-order valence-electron chi connectivity index (χ3n) is 2.13. The van der Waals surface area contributed by atoms with Crippen LogP contribution in [0.25, 0.3) is 10.1 Å². The van der Waals surface area contributed by atoms with Gasteiger partial charge in [0.25, 0.3) is 0 Å². The second-order valence-electron chi connectivity index (χ2n) is 2.94. The molecule has 1 aromatic heterocycles. The molecule has 0 radical (unpaired) electrons. The largest absolute Gasteiger partial charge is 0.506 e. The molecule has 2 N–H and O–H groups in total. The van der Waals surface area contributed by atoms with Gasteiger partial charge in [-0.2, -0.15) is 0 Å². The number of rotatable bonds is 2. The molecule has 0 saturated heterocycles. The molecule has 2 aromatic rings. The highest BCUT2D eigenvalue weighted by atomic mass is 32.2. The molecule has 74 valence electrons. The van der Waals surface area contributed by atoms with Gasteiger partial charge in [0.15, 0.2) is 0 Å². The number of thiophene rings is 1. The molecule has 0 aliphatic rings. The molecule has 2 nitrogen and oxygen atoms in total. The van der Waals surface area contributed by atoms with Crippen molar-refractivity contribution in [2.45, 2.75) is 11.5 Å². The second-order valence-corrected chi connectivity index (χ2v) is 4.70. The molecule has 0 aliphatic heterocycles. The van der Waals surface area contributed by atoms with Gasteiger partial charge in [-0.15, -0.1) is 23.1 Å². The van der Waals surface area contributed by atoms with Crippen molar-refractivity contribution in [2.75, 3.05) is 6.26 Å². The first-order valence-corrected chi connectivity index (χ1v) is 6.24. The lowest BCUT2D eigenvalue weighted by Crippen LogP contribution is -1.86. The van der Waals surface area contributed by atoms with Gasteiger partial charge in [0.1, 0.15) is 5.75 Å². The highest BCUT2D eigenvalue weighted by Crippen LogP contribution is 2.35. The van der Waals surface area contributed by atoms with Crippen LogP contribution in [-0.4, -0.2) is 16.5 Å². The number of fused-ring (bicyclic) bond motifs is 1. The number of benzene rings is 1. The van der Waals surface area contributed by atoms with Gasteiger partial charge in [-0.25, -0.2) is 0 Å². The number of hydrogen-bond acceptors (Lipinski definition) is 4. The van der Waals surface area contributed by atoms with Crippen LogP contribution in [0.4, 0.5) is 0 Å². The van der Waals surface area contributed by atoms with Gasteiger partial charge in [0, 0.05) is 20.4 Å².